The lowest BCUT2D eigenvalue weighted by molar-refractivity contribution is -0.0000320. The first-order valence-corrected chi connectivity index (χ1v) is 16.1. The second kappa shape index (κ2) is 14.1. The minimum atomic E-state index is -4.47. The summed E-state index contributed by atoms with van der Waals surface area (Å²) in [4.78, 5) is 25.5. The lowest BCUT2D eigenvalue weighted by atomic mass is 10.1. The van der Waals surface area contributed by atoms with Gasteiger partial charge in [-0.25, -0.2) is 26.3 Å². The summed E-state index contributed by atoms with van der Waals surface area (Å²) in [7, 11) is -1.58. The van der Waals surface area contributed by atoms with Crippen LogP contribution in [-0.4, -0.2) is 58.4 Å². The molecule has 0 saturated heterocycles. The molecule has 15 heteroatoms. The zero-order valence-corrected chi connectivity index (χ0v) is 26.7. The van der Waals surface area contributed by atoms with E-state index in [0.29, 0.717) is 28.0 Å². The number of amides is 2. The van der Waals surface area contributed by atoms with Crippen molar-refractivity contribution in [2.75, 3.05) is 32.6 Å². The molecule has 0 saturated carbocycles. The van der Waals surface area contributed by atoms with Gasteiger partial charge in [0.05, 0.1) is 42.6 Å². The molecular formula is C30H29ClF3N3O6S2. The van der Waals surface area contributed by atoms with Gasteiger partial charge in [-0.05, 0) is 42.7 Å². The maximum atomic E-state index is 15.1. The first-order chi connectivity index (χ1) is 21.3. The molecule has 0 aromatic heterocycles. The number of sulfonamides is 1. The highest BCUT2D eigenvalue weighted by atomic mass is 35.5. The molecule has 0 aliphatic carbocycles. The van der Waals surface area contributed by atoms with Crippen LogP contribution in [-0.2, 0) is 16.6 Å². The summed E-state index contributed by atoms with van der Waals surface area (Å²) < 4.78 is 83.8. The number of allylic oxidation sites excluding steroid dienone is 1. The number of halogens is 4. The van der Waals surface area contributed by atoms with Crippen LogP contribution in [0.1, 0.15) is 39.6 Å². The van der Waals surface area contributed by atoms with Crippen LogP contribution >= 0.6 is 23.4 Å². The van der Waals surface area contributed by atoms with Crippen LogP contribution in [0, 0.1) is 5.82 Å². The highest BCUT2D eigenvalue weighted by Crippen LogP contribution is 2.36. The van der Waals surface area contributed by atoms with Crippen molar-refractivity contribution in [2.45, 2.75) is 35.6 Å². The van der Waals surface area contributed by atoms with Crippen LogP contribution in [0.5, 0.6) is 11.5 Å². The molecule has 9 nitrogen and oxygen atoms in total. The van der Waals surface area contributed by atoms with Crippen molar-refractivity contribution < 1.29 is 40.7 Å². The van der Waals surface area contributed by atoms with Crippen molar-refractivity contribution in [3.05, 3.63) is 87.5 Å². The van der Waals surface area contributed by atoms with Gasteiger partial charge >= 0.3 is 0 Å². The number of methoxy groups -OCH3 is 2. The van der Waals surface area contributed by atoms with E-state index < -0.39 is 58.0 Å². The van der Waals surface area contributed by atoms with Gasteiger partial charge in [-0.1, -0.05) is 41.6 Å². The van der Waals surface area contributed by atoms with Gasteiger partial charge in [0.25, 0.3) is 17.7 Å². The van der Waals surface area contributed by atoms with Crippen molar-refractivity contribution in [1.29, 1.82) is 0 Å². The third-order valence-corrected chi connectivity index (χ3v) is 9.55. The fourth-order valence-corrected chi connectivity index (χ4v) is 6.62. The smallest absolute Gasteiger partial charge is 0.266 e. The lowest BCUT2D eigenvalue weighted by Crippen LogP contribution is -2.37. The average Bonchev–Trinajstić information content (AvgIpc) is 3.26. The molecule has 1 aliphatic rings. The molecule has 1 aliphatic heterocycles. The van der Waals surface area contributed by atoms with E-state index in [-0.39, 0.29) is 28.4 Å². The Morgan fingerprint density at radius 2 is 1.71 bits per heavy atom. The molecule has 0 fully saturated rings. The van der Waals surface area contributed by atoms with Gasteiger partial charge in [0.1, 0.15) is 22.2 Å². The molecule has 3 aromatic rings. The Morgan fingerprint density at radius 1 is 1.04 bits per heavy atom. The zero-order chi connectivity index (χ0) is 32.9. The minimum Gasteiger partial charge on any atom is -0.497 e. The van der Waals surface area contributed by atoms with Crippen molar-refractivity contribution >= 4 is 50.9 Å². The van der Waals surface area contributed by atoms with Gasteiger partial charge in [0, 0.05) is 36.0 Å². The molecule has 240 valence electrons. The normalized spacial score (nSPS) is 13.4. The molecule has 45 heavy (non-hydrogen) atoms. The van der Waals surface area contributed by atoms with Crippen molar-refractivity contribution in [3.8, 4) is 11.5 Å². The minimum absolute atomic E-state index is 0.145. The Labute approximate surface area is 267 Å². The Balaban J connectivity index is 1.43. The number of anilines is 1. The van der Waals surface area contributed by atoms with E-state index in [1.54, 1.807) is 35.7 Å². The van der Waals surface area contributed by atoms with E-state index in [1.165, 1.54) is 38.1 Å². The Morgan fingerprint density at radius 3 is 2.31 bits per heavy atom. The summed E-state index contributed by atoms with van der Waals surface area (Å²) >= 11 is 7.48. The number of hydrogen-bond donors (Lipinski definition) is 2. The van der Waals surface area contributed by atoms with Gasteiger partial charge in [-0.15, -0.1) is 0 Å². The van der Waals surface area contributed by atoms with E-state index in [0.717, 1.165) is 11.0 Å². The Hall–Kier alpha value is -3.72. The summed E-state index contributed by atoms with van der Waals surface area (Å²) in [5, 5.41) is 3.80. The predicted molar refractivity (Wildman–Crippen MR) is 166 cm³/mol. The molecule has 0 atom stereocenters. The number of benzene rings is 3. The number of rotatable bonds is 14. The summed E-state index contributed by atoms with van der Waals surface area (Å²) in [6, 6.07) is 10.8. The molecule has 0 radical (unpaired) electrons. The lowest BCUT2D eigenvalue weighted by Gasteiger charge is -2.21. The molecule has 3 aromatic carbocycles. The number of nitrogens with zero attached hydrogens (tertiary/aromatic N) is 1. The second-order valence-electron chi connectivity index (χ2n) is 9.75. The fourth-order valence-electron chi connectivity index (χ4n) is 4.46. The molecule has 2 N–H and O–H groups in total. The number of carbonyl (C=O) groups is 2. The summed E-state index contributed by atoms with van der Waals surface area (Å²) in [6.07, 6.45) is 0.924. The number of thioether (sulfide) groups is 1. The third kappa shape index (κ3) is 7.75. The molecule has 4 rings (SSSR count). The number of fused-ring (bicyclic) bond motifs is 1. The van der Waals surface area contributed by atoms with Gasteiger partial charge < -0.3 is 14.8 Å². The molecule has 1 heterocycles. The highest BCUT2D eigenvalue weighted by Gasteiger charge is 2.38. The van der Waals surface area contributed by atoms with Gasteiger partial charge in [-0.3, -0.25) is 14.5 Å². The van der Waals surface area contributed by atoms with Crippen LogP contribution in [0.2, 0.25) is 5.02 Å². The van der Waals surface area contributed by atoms with E-state index in [9.17, 15) is 26.8 Å². The largest absolute Gasteiger partial charge is 0.497 e. The quantitative estimate of drug-likeness (QED) is 0.150. The topological polar surface area (TPSA) is 114 Å². The average molecular weight is 684 g/mol. The highest BCUT2D eigenvalue weighted by molar-refractivity contribution is 8.02. The molecule has 2 amide bonds. The van der Waals surface area contributed by atoms with Crippen LogP contribution in [0.3, 0.4) is 0 Å². The molecule has 0 unspecified atom stereocenters. The number of imide groups is 1. The van der Waals surface area contributed by atoms with E-state index in [4.69, 9.17) is 21.1 Å². The second-order valence-corrected chi connectivity index (χ2v) is 12.8. The summed E-state index contributed by atoms with van der Waals surface area (Å²) in [5.74, 6) is -5.16. The zero-order valence-electron chi connectivity index (χ0n) is 24.3. The number of nitrogens with one attached hydrogen (secondary N) is 2. The van der Waals surface area contributed by atoms with Crippen LogP contribution < -0.4 is 19.5 Å². The Kier molecular flexibility index (Phi) is 10.7. The van der Waals surface area contributed by atoms with E-state index in [2.05, 4.69) is 10.0 Å². The number of ether oxygens (including phenoxy) is 2. The van der Waals surface area contributed by atoms with Crippen molar-refractivity contribution in [2.24, 2.45) is 0 Å². The molecule has 0 spiro atoms. The molecule has 0 bridgehead atoms. The maximum absolute atomic E-state index is 15.1. The first-order valence-electron chi connectivity index (χ1n) is 13.4. The first kappa shape index (κ1) is 34.2. The van der Waals surface area contributed by atoms with E-state index >= 15 is 4.39 Å². The van der Waals surface area contributed by atoms with Crippen molar-refractivity contribution in [1.82, 2.24) is 9.62 Å². The SMILES string of the molecule is C/C=C\Sc1cc(OC)cc(OC)c1CNS(=O)(=O)c1cc(Cl)c(NCC(F)(F)CCN2C(=O)c3ccccc3C2=O)cc1F. The standard InChI is InChI=1S/C30H29ClF3N3O6S2/c1-4-11-44-26-13-18(42-2)12-25(43-3)21(26)16-36-45(40,41)27-14-22(31)24(15-23(27)32)35-17-30(33,34)9-10-37-28(38)19-7-5-6-8-20(19)29(37)39/h4-8,11-15,35-36H,9-10,16-17H2,1-3H3/b11-4-. The van der Waals surface area contributed by atoms with Gasteiger partial charge in [0.2, 0.25) is 10.0 Å². The third-order valence-electron chi connectivity index (χ3n) is 6.80. The number of carbonyl (C=O) groups excluding carboxylic acids is 2. The van der Waals surface area contributed by atoms with Crippen LogP contribution in [0.4, 0.5) is 18.9 Å². The van der Waals surface area contributed by atoms with E-state index in [1.807, 2.05) is 6.92 Å². The fraction of sp³-hybridized carbons (Fsp3) is 0.267. The maximum Gasteiger partial charge on any atom is 0.266 e. The van der Waals surface area contributed by atoms with Crippen LogP contribution in [0.15, 0.2) is 69.8 Å². The predicted octanol–water partition coefficient (Wildman–Crippen LogP) is 6.33. The molecular weight excluding hydrogens is 655 g/mol. The monoisotopic (exact) mass is 683 g/mol. The number of alkyl halides is 2. The summed E-state index contributed by atoms with van der Waals surface area (Å²) in [6.45, 7) is -0.0214. The van der Waals surface area contributed by atoms with Gasteiger partial charge in [0.15, 0.2) is 0 Å². The van der Waals surface area contributed by atoms with Gasteiger partial charge in [-0.2, -0.15) is 0 Å². The van der Waals surface area contributed by atoms with Crippen molar-refractivity contribution in [3.63, 3.8) is 0 Å². The Bertz CT molecular complexity index is 1720. The summed E-state index contributed by atoms with van der Waals surface area (Å²) in [5.41, 5.74) is 0.493. The number of hydrogen-bond acceptors (Lipinski definition) is 8. The van der Waals surface area contributed by atoms with Crippen LogP contribution in [0.25, 0.3) is 0 Å².